The van der Waals surface area contributed by atoms with E-state index >= 15 is 0 Å². The number of nitrogens with one attached hydrogen (secondary N) is 1. The minimum absolute atomic E-state index is 0.131. The molecular weight excluding hydrogens is 286 g/mol. The van der Waals surface area contributed by atoms with Gasteiger partial charge in [-0.05, 0) is 61.3 Å². The van der Waals surface area contributed by atoms with Gasteiger partial charge >= 0.3 is 0 Å². The lowest BCUT2D eigenvalue weighted by Gasteiger charge is -2.61. The van der Waals surface area contributed by atoms with Gasteiger partial charge in [-0.3, -0.25) is 4.79 Å². The molecule has 4 aliphatic rings. The van der Waals surface area contributed by atoms with Gasteiger partial charge in [0.05, 0.1) is 12.0 Å². The van der Waals surface area contributed by atoms with Crippen molar-refractivity contribution in [1.82, 2.24) is 5.32 Å². The summed E-state index contributed by atoms with van der Waals surface area (Å²) in [6.45, 7) is 1.23. The van der Waals surface area contributed by atoms with Gasteiger partial charge in [0, 0.05) is 13.7 Å². The minimum Gasteiger partial charge on any atom is -0.383 e. The third-order valence-electron chi connectivity index (χ3n) is 6.52. The van der Waals surface area contributed by atoms with Gasteiger partial charge in [0.1, 0.15) is 0 Å². The van der Waals surface area contributed by atoms with E-state index in [2.05, 4.69) is 35.6 Å². The molecule has 0 spiro atoms. The number of rotatable bonds is 5. The predicted octanol–water partition coefficient (Wildman–Crippen LogP) is 3.29. The molecule has 0 heterocycles. The molecule has 5 rings (SSSR count). The molecule has 2 unspecified atom stereocenters. The Bertz CT molecular complexity index is 569. The quantitative estimate of drug-likeness (QED) is 0.847. The molecule has 1 amide bonds. The summed E-state index contributed by atoms with van der Waals surface area (Å²) < 4.78 is 5.09. The van der Waals surface area contributed by atoms with Gasteiger partial charge in [-0.1, -0.05) is 30.3 Å². The lowest BCUT2D eigenvalue weighted by atomic mass is 9.42. The van der Waals surface area contributed by atoms with E-state index in [9.17, 15) is 4.79 Å². The summed E-state index contributed by atoms with van der Waals surface area (Å²) in [6.07, 6.45) is 7.12. The monoisotopic (exact) mass is 313 g/mol. The van der Waals surface area contributed by atoms with Gasteiger partial charge in [0.2, 0.25) is 5.91 Å². The second-order valence-electron chi connectivity index (χ2n) is 8.14. The largest absolute Gasteiger partial charge is 0.383 e. The lowest BCUT2D eigenvalue weighted by Crippen LogP contribution is -2.59. The third kappa shape index (κ3) is 2.50. The number of methoxy groups -OCH3 is 1. The topological polar surface area (TPSA) is 38.3 Å². The Balaban J connectivity index is 1.62. The Morgan fingerprint density at radius 2 is 1.87 bits per heavy atom. The molecule has 0 aromatic heterocycles. The highest BCUT2D eigenvalue weighted by molar-refractivity contribution is 5.83. The number of carbonyl (C=O) groups is 1. The summed E-state index contributed by atoms with van der Waals surface area (Å²) in [5.41, 5.74) is 1.57. The first-order valence-corrected chi connectivity index (χ1v) is 8.99. The highest BCUT2D eigenvalue weighted by Gasteiger charge is 2.60. The molecule has 4 aliphatic carbocycles. The van der Waals surface area contributed by atoms with E-state index < -0.39 is 0 Å². The van der Waals surface area contributed by atoms with Crippen LogP contribution >= 0.6 is 0 Å². The van der Waals surface area contributed by atoms with Crippen LogP contribution in [0.15, 0.2) is 30.3 Å². The lowest BCUT2D eigenvalue weighted by molar-refractivity contribution is -0.149. The van der Waals surface area contributed by atoms with Crippen LogP contribution in [0, 0.1) is 17.3 Å². The van der Waals surface area contributed by atoms with Gasteiger partial charge in [-0.15, -0.1) is 0 Å². The van der Waals surface area contributed by atoms with E-state index in [0.29, 0.717) is 13.2 Å². The van der Waals surface area contributed by atoms with E-state index in [0.717, 1.165) is 31.1 Å². The van der Waals surface area contributed by atoms with E-state index in [-0.39, 0.29) is 16.7 Å². The zero-order valence-electron chi connectivity index (χ0n) is 14.0. The second kappa shape index (κ2) is 5.62. The molecule has 1 N–H and O–H groups in total. The number of hydrogen-bond acceptors (Lipinski definition) is 2. The summed E-state index contributed by atoms with van der Waals surface area (Å²) in [6, 6.07) is 11.0. The van der Waals surface area contributed by atoms with Crippen molar-refractivity contribution in [3.63, 3.8) is 0 Å². The van der Waals surface area contributed by atoms with Crippen molar-refractivity contribution >= 4 is 5.91 Å². The number of ether oxygens (including phenoxy) is 1. The molecular formula is C20H27NO2. The molecule has 3 nitrogen and oxygen atoms in total. The zero-order chi connectivity index (χ0) is 15.9. The van der Waals surface area contributed by atoms with Crippen molar-refractivity contribution in [2.24, 2.45) is 17.3 Å². The number of hydrogen-bond donors (Lipinski definition) is 1. The standard InChI is InChI=1S/C20H27NO2/c1-23-8-7-21-18(22)20-12-15-9-16(13-20)11-19(10-15,14-20)17-5-3-2-4-6-17/h2-6,15-16H,7-14H2,1H3,(H,21,22)/t15-,16+,19?,20?. The van der Waals surface area contributed by atoms with Crippen molar-refractivity contribution in [2.75, 3.05) is 20.3 Å². The molecule has 23 heavy (non-hydrogen) atoms. The maximum Gasteiger partial charge on any atom is 0.226 e. The first-order valence-electron chi connectivity index (χ1n) is 8.99. The van der Waals surface area contributed by atoms with E-state index in [1.54, 1.807) is 7.11 Å². The molecule has 4 atom stereocenters. The minimum atomic E-state index is -0.131. The van der Waals surface area contributed by atoms with Crippen molar-refractivity contribution in [3.05, 3.63) is 35.9 Å². The Kier molecular flexibility index (Phi) is 3.72. The molecule has 0 radical (unpaired) electrons. The fourth-order valence-electron chi connectivity index (χ4n) is 6.11. The fourth-order valence-corrected chi connectivity index (χ4v) is 6.11. The van der Waals surface area contributed by atoms with Crippen LogP contribution in [0.25, 0.3) is 0 Å². The summed E-state index contributed by atoms with van der Waals surface area (Å²) in [5.74, 6) is 1.73. The van der Waals surface area contributed by atoms with Crippen LogP contribution in [0.1, 0.15) is 44.1 Å². The molecule has 1 aromatic carbocycles. The second-order valence-corrected chi connectivity index (χ2v) is 8.14. The molecule has 1 aromatic rings. The highest BCUT2D eigenvalue weighted by atomic mass is 16.5. The number of carbonyl (C=O) groups excluding carboxylic acids is 1. The summed E-state index contributed by atoms with van der Waals surface area (Å²) >= 11 is 0. The van der Waals surface area contributed by atoms with Crippen LogP contribution in [-0.4, -0.2) is 26.2 Å². The zero-order valence-corrected chi connectivity index (χ0v) is 14.0. The van der Waals surface area contributed by atoms with E-state index in [1.807, 2.05) is 0 Å². The molecule has 124 valence electrons. The molecule has 0 saturated heterocycles. The van der Waals surface area contributed by atoms with Crippen LogP contribution in [0.4, 0.5) is 0 Å². The van der Waals surface area contributed by atoms with Crippen molar-refractivity contribution in [1.29, 1.82) is 0 Å². The molecule has 4 bridgehead atoms. The molecule has 4 fully saturated rings. The fraction of sp³-hybridized carbons (Fsp3) is 0.650. The Morgan fingerprint density at radius 1 is 1.17 bits per heavy atom. The maximum atomic E-state index is 13.0. The first-order chi connectivity index (χ1) is 11.2. The average molecular weight is 313 g/mol. The van der Waals surface area contributed by atoms with Crippen molar-refractivity contribution in [3.8, 4) is 0 Å². The van der Waals surface area contributed by atoms with E-state index in [4.69, 9.17) is 4.74 Å². The van der Waals surface area contributed by atoms with Crippen molar-refractivity contribution < 1.29 is 9.53 Å². The van der Waals surface area contributed by atoms with Crippen molar-refractivity contribution in [2.45, 2.75) is 43.9 Å². The van der Waals surface area contributed by atoms with E-state index in [1.165, 1.54) is 24.8 Å². The highest BCUT2D eigenvalue weighted by Crippen LogP contribution is 2.65. The van der Waals surface area contributed by atoms with Crippen LogP contribution in [0.3, 0.4) is 0 Å². The summed E-state index contributed by atoms with van der Waals surface area (Å²) in [7, 11) is 1.68. The smallest absolute Gasteiger partial charge is 0.226 e. The van der Waals surface area contributed by atoms with Gasteiger partial charge < -0.3 is 10.1 Å². The Hall–Kier alpha value is -1.35. The van der Waals surface area contributed by atoms with Gasteiger partial charge in [-0.25, -0.2) is 0 Å². The Labute approximate surface area is 138 Å². The average Bonchev–Trinajstić information content (AvgIpc) is 2.54. The summed E-state index contributed by atoms with van der Waals surface area (Å²) in [5, 5.41) is 3.15. The maximum absolute atomic E-state index is 13.0. The molecule has 0 aliphatic heterocycles. The Morgan fingerprint density at radius 3 is 2.52 bits per heavy atom. The third-order valence-corrected chi connectivity index (χ3v) is 6.52. The van der Waals surface area contributed by atoms with Gasteiger partial charge in [0.15, 0.2) is 0 Å². The molecule has 3 heteroatoms. The van der Waals surface area contributed by atoms with Gasteiger partial charge in [0.25, 0.3) is 0 Å². The van der Waals surface area contributed by atoms with Crippen LogP contribution in [0.5, 0.6) is 0 Å². The molecule has 4 saturated carbocycles. The number of benzene rings is 1. The first kappa shape index (κ1) is 15.2. The van der Waals surface area contributed by atoms with Crippen LogP contribution in [0.2, 0.25) is 0 Å². The number of amides is 1. The predicted molar refractivity (Wildman–Crippen MR) is 90.1 cm³/mol. The van der Waals surface area contributed by atoms with Gasteiger partial charge in [-0.2, -0.15) is 0 Å². The van der Waals surface area contributed by atoms with Crippen LogP contribution in [-0.2, 0) is 14.9 Å². The normalized spacial score (nSPS) is 37.8. The van der Waals surface area contributed by atoms with Crippen LogP contribution < -0.4 is 5.32 Å². The SMILES string of the molecule is COCCNC(=O)C12C[C@H]3C[C@@H](C1)CC(c1ccccc1)(C3)C2. The summed E-state index contributed by atoms with van der Waals surface area (Å²) in [4.78, 5) is 13.0.